The molecule has 0 amide bonds. The van der Waals surface area contributed by atoms with Crippen LogP contribution in [0.5, 0.6) is 0 Å². The van der Waals surface area contributed by atoms with E-state index in [0.29, 0.717) is 5.92 Å². The molecule has 82 valence electrons. The number of carbonyl (C=O) groups excluding carboxylic acids is 1. The molecular formula is C13H18O2. The molecule has 3 fully saturated rings. The van der Waals surface area contributed by atoms with E-state index in [2.05, 4.69) is 6.58 Å². The average molecular weight is 206 g/mol. The summed E-state index contributed by atoms with van der Waals surface area (Å²) in [6, 6.07) is 0. The number of rotatable bonds is 0. The zero-order valence-electron chi connectivity index (χ0n) is 9.08. The molecule has 2 saturated carbocycles. The lowest BCUT2D eigenvalue weighted by atomic mass is 9.65. The van der Waals surface area contributed by atoms with Gasteiger partial charge in [-0.1, -0.05) is 19.4 Å². The van der Waals surface area contributed by atoms with Gasteiger partial charge >= 0.3 is 5.97 Å². The maximum atomic E-state index is 11.4. The summed E-state index contributed by atoms with van der Waals surface area (Å²) in [4.78, 5) is 11.4. The first-order valence-corrected chi connectivity index (χ1v) is 6.15. The lowest BCUT2D eigenvalue weighted by molar-refractivity contribution is -0.140. The van der Waals surface area contributed by atoms with E-state index in [0.717, 1.165) is 30.3 Å². The zero-order valence-corrected chi connectivity index (χ0v) is 9.08. The Balaban J connectivity index is 1.77. The first kappa shape index (κ1) is 9.44. The first-order valence-electron chi connectivity index (χ1n) is 6.15. The maximum absolute atomic E-state index is 11.4. The molecule has 0 aromatic rings. The maximum Gasteiger partial charge on any atom is 0.334 e. The second-order valence-electron chi connectivity index (χ2n) is 5.34. The van der Waals surface area contributed by atoms with Crippen molar-refractivity contribution in [1.29, 1.82) is 0 Å². The van der Waals surface area contributed by atoms with Gasteiger partial charge in [-0.15, -0.1) is 0 Å². The zero-order chi connectivity index (χ0) is 10.4. The summed E-state index contributed by atoms with van der Waals surface area (Å²) < 4.78 is 5.43. The van der Waals surface area contributed by atoms with Gasteiger partial charge in [-0.25, -0.2) is 4.79 Å². The smallest absolute Gasteiger partial charge is 0.334 e. The van der Waals surface area contributed by atoms with Gasteiger partial charge in [0.15, 0.2) is 0 Å². The van der Waals surface area contributed by atoms with E-state index < -0.39 is 0 Å². The minimum absolute atomic E-state index is 0.136. The molecule has 0 bridgehead atoms. The minimum atomic E-state index is -0.136. The van der Waals surface area contributed by atoms with Crippen LogP contribution >= 0.6 is 0 Å². The molecule has 4 atom stereocenters. The van der Waals surface area contributed by atoms with Crippen molar-refractivity contribution in [2.24, 2.45) is 17.8 Å². The number of hydrogen-bond donors (Lipinski definition) is 0. The Morgan fingerprint density at radius 1 is 1.13 bits per heavy atom. The topological polar surface area (TPSA) is 26.3 Å². The van der Waals surface area contributed by atoms with Crippen molar-refractivity contribution in [2.75, 3.05) is 0 Å². The molecule has 0 aromatic carbocycles. The van der Waals surface area contributed by atoms with Gasteiger partial charge in [0.25, 0.3) is 0 Å². The molecule has 2 nitrogen and oxygen atoms in total. The monoisotopic (exact) mass is 206 g/mol. The Bertz CT molecular complexity index is 308. The predicted molar refractivity (Wildman–Crippen MR) is 57.2 cm³/mol. The third-order valence-electron chi connectivity index (χ3n) is 4.62. The first-order chi connectivity index (χ1) is 7.25. The molecule has 0 radical (unpaired) electrons. The van der Waals surface area contributed by atoms with E-state index >= 15 is 0 Å². The van der Waals surface area contributed by atoms with Crippen molar-refractivity contribution in [3.63, 3.8) is 0 Å². The molecule has 1 aliphatic heterocycles. The highest BCUT2D eigenvalue weighted by Crippen LogP contribution is 2.47. The second-order valence-corrected chi connectivity index (χ2v) is 5.34. The van der Waals surface area contributed by atoms with Crippen LogP contribution in [0.2, 0.25) is 0 Å². The standard InChI is InChI=1S/C13H18O2/c1-8-11-4-2-3-9-5-6-10(9)7-12(11)15-13(8)14/h9-12H,1-7H2. The fourth-order valence-corrected chi connectivity index (χ4v) is 3.47. The van der Waals surface area contributed by atoms with Crippen LogP contribution in [-0.2, 0) is 9.53 Å². The Morgan fingerprint density at radius 3 is 2.67 bits per heavy atom. The summed E-state index contributed by atoms with van der Waals surface area (Å²) in [7, 11) is 0. The number of ether oxygens (including phenoxy) is 1. The van der Waals surface area contributed by atoms with Gasteiger partial charge in [0.1, 0.15) is 6.10 Å². The highest BCUT2D eigenvalue weighted by atomic mass is 16.6. The molecule has 1 saturated heterocycles. The van der Waals surface area contributed by atoms with Crippen molar-refractivity contribution in [2.45, 2.75) is 44.6 Å². The van der Waals surface area contributed by atoms with E-state index in [1.54, 1.807) is 0 Å². The molecule has 4 unspecified atom stereocenters. The number of fused-ring (bicyclic) bond motifs is 2. The second kappa shape index (κ2) is 3.36. The molecule has 0 spiro atoms. The average Bonchev–Trinajstić information content (AvgIpc) is 2.44. The molecule has 3 rings (SSSR count). The summed E-state index contributed by atoms with van der Waals surface area (Å²) in [6.45, 7) is 3.88. The van der Waals surface area contributed by atoms with Gasteiger partial charge in [0, 0.05) is 11.5 Å². The fraction of sp³-hybridized carbons (Fsp3) is 0.769. The van der Waals surface area contributed by atoms with E-state index in [4.69, 9.17) is 4.74 Å². The Hall–Kier alpha value is -0.790. The lowest BCUT2D eigenvalue weighted by Crippen LogP contribution is -2.33. The normalized spacial score (nSPS) is 44.5. The molecule has 15 heavy (non-hydrogen) atoms. The molecular weight excluding hydrogens is 188 g/mol. The number of carbonyl (C=O) groups is 1. The number of hydrogen-bond acceptors (Lipinski definition) is 2. The Labute approximate surface area is 90.7 Å². The summed E-state index contributed by atoms with van der Waals surface area (Å²) in [5.74, 6) is 1.96. The fourth-order valence-electron chi connectivity index (χ4n) is 3.47. The molecule has 0 N–H and O–H groups in total. The minimum Gasteiger partial charge on any atom is -0.458 e. The van der Waals surface area contributed by atoms with Crippen molar-refractivity contribution < 1.29 is 9.53 Å². The van der Waals surface area contributed by atoms with Gasteiger partial charge in [0.2, 0.25) is 0 Å². The number of esters is 1. The van der Waals surface area contributed by atoms with E-state index in [1.807, 2.05) is 0 Å². The molecule has 2 aliphatic carbocycles. The lowest BCUT2D eigenvalue weighted by Gasteiger charge is -2.40. The SMILES string of the molecule is C=C1C(=O)OC2CC3CCC3CCCC12. The molecule has 1 heterocycles. The van der Waals surface area contributed by atoms with Crippen molar-refractivity contribution >= 4 is 5.97 Å². The van der Waals surface area contributed by atoms with Crippen LogP contribution in [-0.4, -0.2) is 12.1 Å². The summed E-state index contributed by atoms with van der Waals surface area (Å²) in [5.41, 5.74) is 0.734. The van der Waals surface area contributed by atoms with Crippen LogP contribution in [0.1, 0.15) is 38.5 Å². The highest BCUT2D eigenvalue weighted by Gasteiger charge is 2.43. The van der Waals surface area contributed by atoms with Crippen molar-refractivity contribution in [1.82, 2.24) is 0 Å². The van der Waals surface area contributed by atoms with Gasteiger partial charge < -0.3 is 4.74 Å². The predicted octanol–water partition coefficient (Wildman–Crippen LogP) is 2.68. The Morgan fingerprint density at radius 2 is 1.93 bits per heavy atom. The van der Waals surface area contributed by atoms with E-state index in [1.165, 1.54) is 25.7 Å². The van der Waals surface area contributed by atoms with Crippen LogP contribution in [0.3, 0.4) is 0 Å². The highest BCUT2D eigenvalue weighted by molar-refractivity contribution is 5.90. The molecule has 0 aromatic heterocycles. The summed E-state index contributed by atoms with van der Waals surface area (Å²) in [6.07, 6.45) is 7.72. The third kappa shape index (κ3) is 1.42. The van der Waals surface area contributed by atoms with E-state index in [-0.39, 0.29) is 12.1 Å². The van der Waals surface area contributed by atoms with Crippen LogP contribution < -0.4 is 0 Å². The third-order valence-corrected chi connectivity index (χ3v) is 4.62. The van der Waals surface area contributed by atoms with Gasteiger partial charge in [-0.05, 0) is 37.5 Å². The van der Waals surface area contributed by atoms with Gasteiger partial charge in [-0.2, -0.15) is 0 Å². The van der Waals surface area contributed by atoms with Crippen LogP contribution in [0.4, 0.5) is 0 Å². The van der Waals surface area contributed by atoms with Crippen molar-refractivity contribution in [3.8, 4) is 0 Å². The van der Waals surface area contributed by atoms with Gasteiger partial charge in [-0.3, -0.25) is 0 Å². The van der Waals surface area contributed by atoms with Crippen LogP contribution in [0.25, 0.3) is 0 Å². The van der Waals surface area contributed by atoms with Crippen molar-refractivity contribution in [3.05, 3.63) is 12.2 Å². The summed E-state index contributed by atoms with van der Waals surface area (Å²) in [5, 5.41) is 0. The van der Waals surface area contributed by atoms with Gasteiger partial charge in [0.05, 0.1) is 0 Å². The largest absolute Gasteiger partial charge is 0.458 e. The quantitative estimate of drug-likeness (QED) is 0.450. The molecule has 3 aliphatic rings. The van der Waals surface area contributed by atoms with Crippen LogP contribution in [0, 0.1) is 17.8 Å². The van der Waals surface area contributed by atoms with Crippen LogP contribution in [0.15, 0.2) is 12.2 Å². The summed E-state index contributed by atoms with van der Waals surface area (Å²) >= 11 is 0. The molecule has 2 heteroatoms. The van der Waals surface area contributed by atoms with E-state index in [9.17, 15) is 4.79 Å². The Kier molecular flexibility index (Phi) is 2.11.